The molecule has 2 N–H and O–H groups in total. The summed E-state index contributed by atoms with van der Waals surface area (Å²) in [5, 5.41) is 7.48. The summed E-state index contributed by atoms with van der Waals surface area (Å²) in [5.41, 5.74) is 2.44. The van der Waals surface area contributed by atoms with Gasteiger partial charge in [-0.1, -0.05) is 6.07 Å². The number of aryl methyl sites for hydroxylation is 2. The predicted octanol–water partition coefficient (Wildman–Crippen LogP) is 2.31. The van der Waals surface area contributed by atoms with E-state index in [0.29, 0.717) is 6.54 Å². The summed E-state index contributed by atoms with van der Waals surface area (Å²) in [6.45, 7) is 5.23. The Labute approximate surface area is 149 Å². The van der Waals surface area contributed by atoms with Gasteiger partial charge in [-0.3, -0.25) is 9.36 Å². The Morgan fingerprint density at radius 1 is 1.36 bits per heavy atom. The van der Waals surface area contributed by atoms with Crippen LogP contribution in [0, 0.1) is 6.92 Å². The van der Waals surface area contributed by atoms with Crippen molar-refractivity contribution in [3.8, 4) is 0 Å². The third-order valence-electron chi connectivity index (χ3n) is 4.49. The summed E-state index contributed by atoms with van der Waals surface area (Å²) in [5.74, 6) is 0.867. The third kappa shape index (κ3) is 3.29. The Bertz CT molecular complexity index is 944. The first kappa shape index (κ1) is 16.2. The fraction of sp³-hybridized carbons (Fsp3) is 0.389. The van der Waals surface area contributed by atoms with E-state index in [9.17, 15) is 4.79 Å². The maximum atomic E-state index is 12.8. The highest BCUT2D eigenvalue weighted by Gasteiger charge is 2.19. The topological polar surface area (TPSA) is 71.8 Å². The molecule has 4 heterocycles. The van der Waals surface area contributed by atoms with Gasteiger partial charge in [0.25, 0.3) is 5.56 Å². The molecule has 0 bridgehead atoms. The number of nitrogens with one attached hydrogen (secondary N) is 2. The highest BCUT2D eigenvalue weighted by Crippen LogP contribution is 2.29. The zero-order valence-corrected chi connectivity index (χ0v) is 15.0. The van der Waals surface area contributed by atoms with Gasteiger partial charge in [0, 0.05) is 30.7 Å². The van der Waals surface area contributed by atoms with Gasteiger partial charge < -0.3 is 10.6 Å². The average Bonchev–Trinajstić information content (AvgIpc) is 3.01. The summed E-state index contributed by atoms with van der Waals surface area (Å²) in [4.78, 5) is 23.8. The van der Waals surface area contributed by atoms with E-state index in [-0.39, 0.29) is 5.56 Å². The zero-order valence-electron chi connectivity index (χ0n) is 14.2. The van der Waals surface area contributed by atoms with Gasteiger partial charge in [-0.15, -0.1) is 11.3 Å². The van der Waals surface area contributed by atoms with Gasteiger partial charge in [0.15, 0.2) is 0 Å². The molecule has 3 aromatic heterocycles. The lowest BCUT2D eigenvalue weighted by Gasteiger charge is -2.12. The molecule has 25 heavy (non-hydrogen) atoms. The first-order valence-corrected chi connectivity index (χ1v) is 9.41. The summed E-state index contributed by atoms with van der Waals surface area (Å²) in [6.07, 6.45) is 5.29. The number of hydrogen-bond acceptors (Lipinski definition) is 6. The lowest BCUT2D eigenvalue weighted by atomic mass is 10.1. The first-order valence-electron chi connectivity index (χ1n) is 8.59. The van der Waals surface area contributed by atoms with E-state index in [0.717, 1.165) is 54.1 Å². The maximum Gasteiger partial charge on any atom is 0.262 e. The SMILES string of the molecule is Cc1ccc(NCCCn2cnc3sc4c(c3c2=O)CCNC4)nc1. The second-order valence-electron chi connectivity index (χ2n) is 6.35. The molecule has 0 fully saturated rings. The number of rotatable bonds is 5. The molecule has 6 nitrogen and oxygen atoms in total. The highest BCUT2D eigenvalue weighted by molar-refractivity contribution is 7.18. The van der Waals surface area contributed by atoms with E-state index in [1.807, 2.05) is 25.3 Å². The molecular weight excluding hydrogens is 334 g/mol. The van der Waals surface area contributed by atoms with Crippen molar-refractivity contribution >= 4 is 27.4 Å². The van der Waals surface area contributed by atoms with Crippen LogP contribution in [0.25, 0.3) is 10.2 Å². The van der Waals surface area contributed by atoms with Gasteiger partial charge in [-0.05, 0) is 43.5 Å². The molecule has 0 atom stereocenters. The van der Waals surface area contributed by atoms with Crippen molar-refractivity contribution in [3.63, 3.8) is 0 Å². The molecule has 130 valence electrons. The molecule has 0 unspecified atom stereocenters. The van der Waals surface area contributed by atoms with Crippen LogP contribution in [0.3, 0.4) is 0 Å². The largest absolute Gasteiger partial charge is 0.370 e. The van der Waals surface area contributed by atoms with Crippen molar-refractivity contribution in [2.24, 2.45) is 0 Å². The molecule has 0 saturated carbocycles. The Kier molecular flexibility index (Phi) is 4.50. The zero-order chi connectivity index (χ0) is 17.2. The van der Waals surface area contributed by atoms with Crippen LogP contribution >= 0.6 is 11.3 Å². The van der Waals surface area contributed by atoms with Crippen molar-refractivity contribution in [2.75, 3.05) is 18.4 Å². The third-order valence-corrected chi connectivity index (χ3v) is 5.63. The molecular formula is C18H21N5OS. The van der Waals surface area contributed by atoms with Crippen LogP contribution in [0.1, 0.15) is 22.4 Å². The Hall–Kier alpha value is -2.25. The number of pyridine rings is 1. The molecule has 0 aromatic carbocycles. The van der Waals surface area contributed by atoms with Gasteiger partial charge in [0.05, 0.1) is 11.7 Å². The molecule has 0 radical (unpaired) electrons. The van der Waals surface area contributed by atoms with Crippen LogP contribution < -0.4 is 16.2 Å². The Morgan fingerprint density at radius 2 is 2.28 bits per heavy atom. The molecule has 0 saturated heterocycles. The average molecular weight is 355 g/mol. The van der Waals surface area contributed by atoms with E-state index >= 15 is 0 Å². The fourth-order valence-electron chi connectivity index (χ4n) is 3.15. The molecule has 7 heteroatoms. The van der Waals surface area contributed by atoms with Crippen LogP contribution in [0.2, 0.25) is 0 Å². The number of anilines is 1. The van der Waals surface area contributed by atoms with Crippen molar-refractivity contribution in [1.82, 2.24) is 19.9 Å². The number of hydrogen-bond donors (Lipinski definition) is 2. The lowest BCUT2D eigenvalue weighted by Crippen LogP contribution is -2.25. The molecule has 0 amide bonds. The predicted molar refractivity (Wildman–Crippen MR) is 101 cm³/mol. The molecule has 3 aromatic rings. The summed E-state index contributed by atoms with van der Waals surface area (Å²) in [7, 11) is 0. The van der Waals surface area contributed by atoms with Crippen LogP contribution in [-0.2, 0) is 19.5 Å². The Balaban J connectivity index is 1.45. The highest BCUT2D eigenvalue weighted by atomic mass is 32.1. The van der Waals surface area contributed by atoms with E-state index in [1.54, 1.807) is 22.2 Å². The minimum absolute atomic E-state index is 0.0952. The number of aromatic nitrogens is 3. The monoisotopic (exact) mass is 355 g/mol. The van der Waals surface area contributed by atoms with Crippen molar-refractivity contribution in [2.45, 2.75) is 32.9 Å². The van der Waals surface area contributed by atoms with Crippen molar-refractivity contribution in [3.05, 3.63) is 51.0 Å². The van der Waals surface area contributed by atoms with Gasteiger partial charge in [0.2, 0.25) is 0 Å². The molecule has 1 aliphatic heterocycles. The molecule has 0 spiro atoms. The summed E-state index contributed by atoms with van der Waals surface area (Å²) < 4.78 is 1.74. The van der Waals surface area contributed by atoms with Gasteiger partial charge in [-0.25, -0.2) is 9.97 Å². The lowest BCUT2D eigenvalue weighted by molar-refractivity contribution is 0.630. The quantitative estimate of drug-likeness (QED) is 0.687. The molecule has 4 rings (SSSR count). The fourth-order valence-corrected chi connectivity index (χ4v) is 4.29. The standard InChI is InChI=1S/C18H21N5OS/c1-12-3-4-15(21-9-12)20-6-2-8-23-11-22-17-16(18(23)24)13-5-7-19-10-14(13)25-17/h3-4,9,11,19H,2,5-8,10H2,1H3,(H,20,21). The summed E-state index contributed by atoms with van der Waals surface area (Å²) in [6, 6.07) is 4.01. The van der Waals surface area contributed by atoms with E-state index in [1.165, 1.54) is 10.4 Å². The number of fused-ring (bicyclic) bond motifs is 3. The normalized spacial score (nSPS) is 13.8. The number of thiophene rings is 1. The smallest absolute Gasteiger partial charge is 0.262 e. The minimum Gasteiger partial charge on any atom is -0.370 e. The van der Waals surface area contributed by atoms with Gasteiger partial charge in [-0.2, -0.15) is 0 Å². The minimum atomic E-state index is 0.0952. The maximum absolute atomic E-state index is 12.8. The van der Waals surface area contributed by atoms with E-state index in [4.69, 9.17) is 0 Å². The van der Waals surface area contributed by atoms with Gasteiger partial charge in [0.1, 0.15) is 10.6 Å². The van der Waals surface area contributed by atoms with Crippen molar-refractivity contribution < 1.29 is 0 Å². The van der Waals surface area contributed by atoms with Crippen molar-refractivity contribution in [1.29, 1.82) is 0 Å². The van der Waals surface area contributed by atoms with Crippen LogP contribution in [0.5, 0.6) is 0 Å². The Morgan fingerprint density at radius 3 is 3.12 bits per heavy atom. The van der Waals surface area contributed by atoms with Crippen LogP contribution in [0.4, 0.5) is 5.82 Å². The second-order valence-corrected chi connectivity index (χ2v) is 7.44. The van der Waals surface area contributed by atoms with E-state index < -0.39 is 0 Å². The number of nitrogens with zero attached hydrogens (tertiary/aromatic N) is 3. The van der Waals surface area contributed by atoms with E-state index in [2.05, 4.69) is 20.6 Å². The van der Waals surface area contributed by atoms with Crippen LogP contribution in [0.15, 0.2) is 29.5 Å². The molecule has 0 aliphatic carbocycles. The van der Waals surface area contributed by atoms with Crippen LogP contribution in [-0.4, -0.2) is 27.6 Å². The second kappa shape index (κ2) is 6.93. The van der Waals surface area contributed by atoms with Gasteiger partial charge >= 0.3 is 0 Å². The first-order chi connectivity index (χ1) is 12.2. The summed E-state index contributed by atoms with van der Waals surface area (Å²) >= 11 is 1.64. The molecule has 1 aliphatic rings.